The Hall–Kier alpha value is -0.380. The number of likely N-dealkylation sites (tertiary alicyclic amines) is 1. The molecule has 0 aliphatic carbocycles. The molecule has 2 rings (SSSR count). The molecule has 1 N–H and O–H groups in total. The lowest BCUT2D eigenvalue weighted by Gasteiger charge is -2.18. The number of nitrogens with zero attached hydrogens (tertiary/aromatic N) is 1. The molecule has 0 amide bonds. The standard InChI is InChI=1S/C11H17NOS/c1-9-5-10(7-14-9)6-12-4-3-11(2,13)8-12/h5,7,13H,3-4,6,8H2,1-2H3. The van der Waals surface area contributed by atoms with Crippen LogP contribution in [0.25, 0.3) is 0 Å². The first kappa shape index (κ1) is 10.1. The van der Waals surface area contributed by atoms with Gasteiger partial charge in [0.2, 0.25) is 0 Å². The highest BCUT2D eigenvalue weighted by Crippen LogP contribution is 2.23. The van der Waals surface area contributed by atoms with Crippen molar-refractivity contribution in [1.29, 1.82) is 0 Å². The van der Waals surface area contributed by atoms with Gasteiger partial charge in [0, 0.05) is 24.5 Å². The van der Waals surface area contributed by atoms with Crippen LogP contribution in [0.15, 0.2) is 11.4 Å². The quantitative estimate of drug-likeness (QED) is 0.809. The maximum Gasteiger partial charge on any atom is 0.0758 e. The minimum atomic E-state index is -0.467. The molecule has 1 aliphatic rings. The predicted molar refractivity (Wildman–Crippen MR) is 59.6 cm³/mol. The van der Waals surface area contributed by atoms with E-state index in [1.807, 2.05) is 6.92 Å². The van der Waals surface area contributed by atoms with E-state index in [9.17, 15) is 5.11 Å². The van der Waals surface area contributed by atoms with Crippen LogP contribution in [-0.2, 0) is 6.54 Å². The molecule has 0 radical (unpaired) electrons. The zero-order chi connectivity index (χ0) is 10.2. The number of β-amino-alcohol motifs (C(OH)–C–C–N with tert-alkyl or cyclic N) is 1. The SMILES string of the molecule is Cc1cc(CN2CCC(C)(O)C2)cs1. The molecule has 1 aliphatic heterocycles. The first-order chi connectivity index (χ1) is 6.55. The molecule has 0 bridgehead atoms. The summed E-state index contributed by atoms with van der Waals surface area (Å²) in [5, 5.41) is 12.0. The van der Waals surface area contributed by atoms with Gasteiger partial charge in [-0.1, -0.05) is 0 Å². The van der Waals surface area contributed by atoms with Gasteiger partial charge < -0.3 is 5.11 Å². The minimum Gasteiger partial charge on any atom is -0.389 e. The van der Waals surface area contributed by atoms with Gasteiger partial charge in [0.05, 0.1) is 5.60 Å². The van der Waals surface area contributed by atoms with Crippen LogP contribution in [0.4, 0.5) is 0 Å². The normalized spacial score (nSPS) is 28.5. The van der Waals surface area contributed by atoms with Gasteiger partial charge in [-0.15, -0.1) is 11.3 Å². The van der Waals surface area contributed by atoms with Crippen molar-refractivity contribution in [1.82, 2.24) is 4.90 Å². The third-order valence-corrected chi connectivity index (χ3v) is 3.63. The van der Waals surface area contributed by atoms with E-state index in [4.69, 9.17) is 0 Å². The second-order valence-corrected chi connectivity index (χ2v) is 5.64. The summed E-state index contributed by atoms with van der Waals surface area (Å²) in [7, 11) is 0. The maximum atomic E-state index is 9.81. The Morgan fingerprint density at radius 1 is 1.64 bits per heavy atom. The molecule has 1 fully saturated rings. The number of hydrogen-bond acceptors (Lipinski definition) is 3. The van der Waals surface area contributed by atoms with Gasteiger partial charge >= 0.3 is 0 Å². The van der Waals surface area contributed by atoms with E-state index in [1.54, 1.807) is 11.3 Å². The summed E-state index contributed by atoms with van der Waals surface area (Å²) < 4.78 is 0. The van der Waals surface area contributed by atoms with Gasteiger partial charge in [-0.2, -0.15) is 0 Å². The van der Waals surface area contributed by atoms with Crippen molar-refractivity contribution in [2.75, 3.05) is 13.1 Å². The number of thiophene rings is 1. The average Bonchev–Trinajstić information content (AvgIpc) is 2.59. The molecule has 14 heavy (non-hydrogen) atoms. The molecular weight excluding hydrogens is 194 g/mol. The summed E-state index contributed by atoms with van der Waals surface area (Å²) in [6.45, 7) is 6.87. The molecule has 1 unspecified atom stereocenters. The molecule has 1 aromatic rings. The molecule has 78 valence electrons. The lowest BCUT2D eigenvalue weighted by atomic mass is 10.1. The first-order valence-electron chi connectivity index (χ1n) is 5.04. The van der Waals surface area contributed by atoms with Crippen LogP contribution in [0.3, 0.4) is 0 Å². The van der Waals surface area contributed by atoms with Crippen LogP contribution < -0.4 is 0 Å². The van der Waals surface area contributed by atoms with E-state index in [1.165, 1.54) is 10.4 Å². The van der Waals surface area contributed by atoms with E-state index >= 15 is 0 Å². The van der Waals surface area contributed by atoms with Crippen LogP contribution in [0, 0.1) is 6.92 Å². The Morgan fingerprint density at radius 2 is 2.43 bits per heavy atom. The molecular formula is C11H17NOS. The summed E-state index contributed by atoms with van der Waals surface area (Å²) in [6, 6.07) is 2.23. The Kier molecular flexibility index (Phi) is 2.64. The third-order valence-electron chi connectivity index (χ3n) is 2.72. The summed E-state index contributed by atoms with van der Waals surface area (Å²) in [6.07, 6.45) is 0.899. The molecule has 3 heteroatoms. The zero-order valence-corrected chi connectivity index (χ0v) is 9.60. The van der Waals surface area contributed by atoms with Crippen molar-refractivity contribution in [3.63, 3.8) is 0 Å². The van der Waals surface area contributed by atoms with Crippen LogP contribution in [0.2, 0.25) is 0 Å². The highest BCUT2D eigenvalue weighted by molar-refractivity contribution is 7.10. The molecule has 2 nitrogen and oxygen atoms in total. The van der Waals surface area contributed by atoms with Crippen molar-refractivity contribution in [3.8, 4) is 0 Å². The largest absolute Gasteiger partial charge is 0.389 e. The van der Waals surface area contributed by atoms with Crippen LogP contribution in [0.5, 0.6) is 0 Å². The second-order valence-electron chi connectivity index (χ2n) is 4.52. The van der Waals surface area contributed by atoms with E-state index in [0.29, 0.717) is 0 Å². The van der Waals surface area contributed by atoms with Gasteiger partial charge in [0.1, 0.15) is 0 Å². The van der Waals surface area contributed by atoms with E-state index in [-0.39, 0.29) is 0 Å². The molecule has 2 heterocycles. The van der Waals surface area contributed by atoms with E-state index in [0.717, 1.165) is 26.1 Å². The predicted octanol–water partition coefficient (Wildman–Crippen LogP) is 2.01. The lowest BCUT2D eigenvalue weighted by Crippen LogP contribution is -2.29. The van der Waals surface area contributed by atoms with Crippen molar-refractivity contribution < 1.29 is 5.11 Å². The Bertz CT molecular complexity index is 319. The van der Waals surface area contributed by atoms with Gasteiger partial charge in [0.15, 0.2) is 0 Å². The van der Waals surface area contributed by atoms with Gasteiger partial charge in [-0.25, -0.2) is 0 Å². The summed E-state index contributed by atoms with van der Waals surface area (Å²) in [4.78, 5) is 3.69. The number of aryl methyl sites for hydroxylation is 1. The Balaban J connectivity index is 1.94. The monoisotopic (exact) mass is 211 g/mol. The second kappa shape index (κ2) is 3.65. The molecule has 1 atom stereocenters. The summed E-state index contributed by atoms with van der Waals surface area (Å²) in [5.41, 5.74) is 0.913. The fourth-order valence-electron chi connectivity index (χ4n) is 2.01. The van der Waals surface area contributed by atoms with Gasteiger partial charge in [0.25, 0.3) is 0 Å². The molecule has 0 saturated carbocycles. The van der Waals surface area contributed by atoms with Crippen LogP contribution in [-0.4, -0.2) is 28.7 Å². The Morgan fingerprint density at radius 3 is 2.93 bits per heavy atom. The first-order valence-corrected chi connectivity index (χ1v) is 5.92. The number of hydrogen-bond donors (Lipinski definition) is 1. The average molecular weight is 211 g/mol. The fraction of sp³-hybridized carbons (Fsp3) is 0.636. The van der Waals surface area contributed by atoms with E-state index < -0.39 is 5.60 Å². The number of rotatable bonds is 2. The molecule has 0 spiro atoms. The van der Waals surface area contributed by atoms with Crippen molar-refractivity contribution in [3.05, 3.63) is 21.9 Å². The van der Waals surface area contributed by atoms with E-state index in [2.05, 4.69) is 23.3 Å². The minimum absolute atomic E-state index is 0.467. The summed E-state index contributed by atoms with van der Waals surface area (Å²) in [5.74, 6) is 0. The van der Waals surface area contributed by atoms with Crippen molar-refractivity contribution in [2.24, 2.45) is 0 Å². The third kappa shape index (κ3) is 2.35. The van der Waals surface area contributed by atoms with Gasteiger partial charge in [-0.3, -0.25) is 4.90 Å². The van der Waals surface area contributed by atoms with Crippen molar-refractivity contribution >= 4 is 11.3 Å². The lowest BCUT2D eigenvalue weighted by molar-refractivity contribution is 0.0679. The zero-order valence-electron chi connectivity index (χ0n) is 8.79. The van der Waals surface area contributed by atoms with Crippen molar-refractivity contribution in [2.45, 2.75) is 32.4 Å². The molecule has 0 aromatic carbocycles. The Labute approximate surface area is 89.2 Å². The summed E-state index contributed by atoms with van der Waals surface area (Å²) >= 11 is 1.80. The van der Waals surface area contributed by atoms with Crippen LogP contribution in [0.1, 0.15) is 23.8 Å². The highest BCUT2D eigenvalue weighted by Gasteiger charge is 2.30. The van der Waals surface area contributed by atoms with Gasteiger partial charge in [-0.05, 0) is 37.3 Å². The maximum absolute atomic E-state index is 9.81. The molecule has 1 saturated heterocycles. The number of aliphatic hydroxyl groups is 1. The topological polar surface area (TPSA) is 23.5 Å². The fourth-order valence-corrected chi connectivity index (χ4v) is 2.71. The van der Waals surface area contributed by atoms with Crippen LogP contribution >= 0.6 is 11.3 Å². The highest BCUT2D eigenvalue weighted by atomic mass is 32.1. The molecule has 1 aromatic heterocycles. The smallest absolute Gasteiger partial charge is 0.0758 e.